The lowest BCUT2D eigenvalue weighted by atomic mass is 9.92. The summed E-state index contributed by atoms with van der Waals surface area (Å²) in [4.78, 5) is 0. The maximum absolute atomic E-state index is 2.24. The first-order valence-electron chi connectivity index (χ1n) is 7.06. The molecule has 0 amide bonds. The maximum atomic E-state index is 2.24. The average molecular weight is 256 g/mol. The highest BCUT2D eigenvalue weighted by molar-refractivity contribution is 6.21. The van der Waals surface area contributed by atoms with Gasteiger partial charge in [-0.2, -0.15) is 0 Å². The van der Waals surface area contributed by atoms with Crippen LogP contribution in [0.25, 0.3) is 32.3 Å². The minimum atomic E-state index is 1.33. The van der Waals surface area contributed by atoms with Gasteiger partial charge in [0.2, 0.25) is 0 Å². The molecule has 0 nitrogen and oxygen atoms in total. The van der Waals surface area contributed by atoms with Gasteiger partial charge in [0.15, 0.2) is 0 Å². The van der Waals surface area contributed by atoms with Gasteiger partial charge in [0, 0.05) is 0 Å². The van der Waals surface area contributed by atoms with Crippen LogP contribution in [0.3, 0.4) is 0 Å². The predicted molar refractivity (Wildman–Crippen MR) is 88.4 cm³/mol. The Hall–Kier alpha value is -2.34. The molecule has 4 aromatic carbocycles. The normalized spacial score (nSPS) is 11.5. The van der Waals surface area contributed by atoms with E-state index >= 15 is 0 Å². The van der Waals surface area contributed by atoms with E-state index in [1.54, 1.807) is 0 Å². The zero-order valence-corrected chi connectivity index (χ0v) is 11.8. The molecule has 0 heterocycles. The van der Waals surface area contributed by atoms with E-state index in [0.29, 0.717) is 0 Å². The molecular formula is C20H16. The van der Waals surface area contributed by atoms with Gasteiger partial charge in [-0.05, 0) is 57.3 Å². The monoisotopic (exact) mass is 256 g/mol. The molecule has 0 aromatic heterocycles. The Morgan fingerprint density at radius 2 is 0.850 bits per heavy atom. The fourth-order valence-corrected chi connectivity index (χ4v) is 3.34. The third kappa shape index (κ3) is 1.48. The standard InChI is InChI=1S/C20H16/c1-13-5-3-7-15-9-11-17-12-10-16-8-4-6-14(2)19(16)20(17)18(13)15/h3-12H,1-2H3. The fraction of sp³-hybridized carbons (Fsp3) is 0.100. The molecule has 0 aliphatic carbocycles. The third-order valence-electron chi connectivity index (χ3n) is 4.28. The molecule has 0 atom stereocenters. The van der Waals surface area contributed by atoms with Crippen LogP contribution in [0, 0.1) is 13.8 Å². The summed E-state index contributed by atoms with van der Waals surface area (Å²) in [6.07, 6.45) is 0. The molecule has 0 N–H and O–H groups in total. The van der Waals surface area contributed by atoms with Crippen LogP contribution in [-0.4, -0.2) is 0 Å². The SMILES string of the molecule is Cc1cccc2ccc3ccc4cccc(C)c4c3c12. The lowest BCUT2D eigenvalue weighted by molar-refractivity contribution is 1.53. The van der Waals surface area contributed by atoms with E-state index in [4.69, 9.17) is 0 Å². The van der Waals surface area contributed by atoms with Crippen molar-refractivity contribution in [2.75, 3.05) is 0 Å². The van der Waals surface area contributed by atoms with Crippen molar-refractivity contribution in [1.82, 2.24) is 0 Å². The van der Waals surface area contributed by atoms with Gasteiger partial charge in [-0.25, -0.2) is 0 Å². The minimum absolute atomic E-state index is 1.33. The molecule has 0 radical (unpaired) electrons. The van der Waals surface area contributed by atoms with Gasteiger partial charge >= 0.3 is 0 Å². The predicted octanol–water partition coefficient (Wildman–Crippen LogP) is 5.76. The Labute approximate surface area is 118 Å². The van der Waals surface area contributed by atoms with Crippen LogP contribution < -0.4 is 0 Å². The summed E-state index contributed by atoms with van der Waals surface area (Å²) in [6.45, 7) is 4.41. The average Bonchev–Trinajstić information content (AvgIpc) is 2.47. The molecule has 0 saturated carbocycles. The van der Waals surface area contributed by atoms with Crippen molar-refractivity contribution in [2.45, 2.75) is 13.8 Å². The van der Waals surface area contributed by atoms with Gasteiger partial charge in [0.1, 0.15) is 0 Å². The Morgan fingerprint density at radius 1 is 0.450 bits per heavy atom. The van der Waals surface area contributed by atoms with E-state index in [9.17, 15) is 0 Å². The molecule has 0 heteroatoms. The van der Waals surface area contributed by atoms with E-state index in [1.165, 1.54) is 43.4 Å². The highest BCUT2D eigenvalue weighted by atomic mass is 14.1. The second-order valence-corrected chi connectivity index (χ2v) is 5.58. The molecule has 4 aromatic rings. The van der Waals surface area contributed by atoms with Crippen molar-refractivity contribution < 1.29 is 0 Å². The number of fused-ring (bicyclic) bond motifs is 5. The first-order valence-corrected chi connectivity index (χ1v) is 7.06. The van der Waals surface area contributed by atoms with E-state index in [2.05, 4.69) is 74.5 Å². The number of aryl methyl sites for hydroxylation is 2. The molecule has 0 spiro atoms. The molecule has 0 fully saturated rings. The quantitative estimate of drug-likeness (QED) is 0.351. The Kier molecular flexibility index (Phi) is 2.34. The lowest BCUT2D eigenvalue weighted by Gasteiger charge is -2.12. The molecule has 0 saturated heterocycles. The molecule has 0 aliphatic heterocycles. The van der Waals surface area contributed by atoms with Crippen LogP contribution in [0.2, 0.25) is 0 Å². The summed E-state index contributed by atoms with van der Waals surface area (Å²) in [5.41, 5.74) is 2.70. The van der Waals surface area contributed by atoms with Crippen molar-refractivity contribution in [1.29, 1.82) is 0 Å². The van der Waals surface area contributed by atoms with Crippen molar-refractivity contribution in [3.05, 3.63) is 71.8 Å². The first-order chi connectivity index (χ1) is 9.75. The van der Waals surface area contributed by atoms with Crippen LogP contribution in [0.4, 0.5) is 0 Å². The summed E-state index contributed by atoms with van der Waals surface area (Å²) in [5.74, 6) is 0. The maximum Gasteiger partial charge on any atom is -0.00215 e. The lowest BCUT2D eigenvalue weighted by Crippen LogP contribution is -1.86. The zero-order chi connectivity index (χ0) is 13.7. The number of hydrogen-bond donors (Lipinski definition) is 0. The largest absolute Gasteiger partial charge is 0.0614 e. The first kappa shape index (κ1) is 11.5. The molecular weight excluding hydrogens is 240 g/mol. The highest BCUT2D eigenvalue weighted by Crippen LogP contribution is 2.35. The van der Waals surface area contributed by atoms with Crippen LogP contribution >= 0.6 is 0 Å². The van der Waals surface area contributed by atoms with Gasteiger partial charge in [-0.1, -0.05) is 60.7 Å². The number of hydrogen-bond acceptors (Lipinski definition) is 0. The third-order valence-corrected chi connectivity index (χ3v) is 4.28. The molecule has 0 bridgehead atoms. The van der Waals surface area contributed by atoms with Gasteiger partial charge in [0.05, 0.1) is 0 Å². The van der Waals surface area contributed by atoms with Gasteiger partial charge in [0.25, 0.3) is 0 Å². The summed E-state index contributed by atoms with van der Waals surface area (Å²) >= 11 is 0. The molecule has 96 valence electrons. The topological polar surface area (TPSA) is 0 Å². The van der Waals surface area contributed by atoms with Gasteiger partial charge in [-0.3, -0.25) is 0 Å². The zero-order valence-electron chi connectivity index (χ0n) is 11.8. The van der Waals surface area contributed by atoms with Crippen molar-refractivity contribution in [2.24, 2.45) is 0 Å². The number of rotatable bonds is 0. The summed E-state index contributed by atoms with van der Waals surface area (Å²) in [7, 11) is 0. The van der Waals surface area contributed by atoms with Crippen LogP contribution in [0.5, 0.6) is 0 Å². The van der Waals surface area contributed by atoms with E-state index in [-0.39, 0.29) is 0 Å². The fourth-order valence-electron chi connectivity index (χ4n) is 3.34. The second kappa shape index (κ2) is 4.08. The second-order valence-electron chi connectivity index (χ2n) is 5.58. The van der Waals surface area contributed by atoms with Gasteiger partial charge in [-0.15, -0.1) is 0 Å². The molecule has 20 heavy (non-hydrogen) atoms. The van der Waals surface area contributed by atoms with E-state index in [0.717, 1.165) is 0 Å². The molecule has 0 aliphatic rings. The van der Waals surface area contributed by atoms with Gasteiger partial charge < -0.3 is 0 Å². The van der Waals surface area contributed by atoms with Crippen LogP contribution in [0.15, 0.2) is 60.7 Å². The van der Waals surface area contributed by atoms with Crippen LogP contribution in [-0.2, 0) is 0 Å². The molecule has 0 unspecified atom stereocenters. The smallest absolute Gasteiger partial charge is 0.00215 e. The van der Waals surface area contributed by atoms with Crippen molar-refractivity contribution in [3.63, 3.8) is 0 Å². The van der Waals surface area contributed by atoms with Crippen LogP contribution in [0.1, 0.15) is 11.1 Å². The summed E-state index contributed by atoms with van der Waals surface area (Å²) in [6, 6.07) is 22.0. The van der Waals surface area contributed by atoms with E-state index in [1.807, 2.05) is 0 Å². The Bertz CT molecular complexity index is 885. The van der Waals surface area contributed by atoms with Crippen molar-refractivity contribution in [3.8, 4) is 0 Å². The minimum Gasteiger partial charge on any atom is -0.0614 e. The van der Waals surface area contributed by atoms with E-state index < -0.39 is 0 Å². The highest BCUT2D eigenvalue weighted by Gasteiger charge is 2.08. The number of benzene rings is 4. The Balaban J connectivity index is 2.43. The Morgan fingerprint density at radius 3 is 1.30 bits per heavy atom. The summed E-state index contributed by atoms with van der Waals surface area (Å²) < 4.78 is 0. The van der Waals surface area contributed by atoms with Crippen molar-refractivity contribution >= 4 is 32.3 Å². The molecule has 4 rings (SSSR count). The summed E-state index contributed by atoms with van der Waals surface area (Å²) in [5, 5.41) is 8.17.